The van der Waals surface area contributed by atoms with E-state index in [4.69, 9.17) is 14.2 Å². The number of nitrogens with one attached hydrogen (secondary N) is 2. The van der Waals surface area contributed by atoms with Gasteiger partial charge in [-0.15, -0.1) is 0 Å². The highest BCUT2D eigenvalue weighted by atomic mass is 16.5. The Morgan fingerprint density at radius 1 is 0.926 bits per heavy atom. The summed E-state index contributed by atoms with van der Waals surface area (Å²) in [4.78, 5) is 12.5. The summed E-state index contributed by atoms with van der Waals surface area (Å²) in [6, 6.07) is 12.7. The van der Waals surface area contributed by atoms with Crippen LogP contribution >= 0.6 is 0 Å². The molecular weight excluding hydrogens is 344 g/mol. The number of hydrogen-bond acceptors (Lipinski definition) is 4. The molecule has 0 saturated carbocycles. The predicted molar refractivity (Wildman–Crippen MR) is 106 cm³/mol. The van der Waals surface area contributed by atoms with E-state index in [0.717, 1.165) is 23.3 Å². The molecule has 2 rings (SSSR count). The summed E-state index contributed by atoms with van der Waals surface area (Å²) in [5, 5.41) is 5.99. The molecular formula is C21H28N2O4. The van der Waals surface area contributed by atoms with E-state index in [9.17, 15) is 4.79 Å². The maximum atomic E-state index is 12.5. The molecule has 0 aliphatic rings. The number of urea groups is 1. The van der Waals surface area contributed by atoms with Crippen LogP contribution in [0.4, 0.5) is 4.79 Å². The average molecular weight is 372 g/mol. The minimum atomic E-state index is -0.233. The van der Waals surface area contributed by atoms with Crippen molar-refractivity contribution in [3.8, 4) is 17.2 Å². The highest BCUT2D eigenvalue weighted by Gasteiger charge is 2.17. The van der Waals surface area contributed by atoms with E-state index in [1.807, 2.05) is 50.2 Å². The van der Waals surface area contributed by atoms with Gasteiger partial charge < -0.3 is 24.8 Å². The van der Waals surface area contributed by atoms with Gasteiger partial charge in [0.05, 0.1) is 33.4 Å². The third-order valence-corrected chi connectivity index (χ3v) is 4.49. The zero-order chi connectivity index (χ0) is 19.8. The first-order valence-corrected chi connectivity index (χ1v) is 8.95. The summed E-state index contributed by atoms with van der Waals surface area (Å²) in [6.45, 7) is 3.95. The van der Waals surface area contributed by atoms with Crippen LogP contribution in [0.5, 0.6) is 17.2 Å². The van der Waals surface area contributed by atoms with Crippen LogP contribution in [0.1, 0.15) is 43.5 Å². The van der Waals surface area contributed by atoms with Crippen molar-refractivity contribution < 1.29 is 19.0 Å². The van der Waals surface area contributed by atoms with E-state index in [2.05, 4.69) is 10.6 Å². The van der Waals surface area contributed by atoms with Crippen LogP contribution in [-0.2, 0) is 0 Å². The molecule has 0 fully saturated rings. The van der Waals surface area contributed by atoms with Gasteiger partial charge >= 0.3 is 6.03 Å². The van der Waals surface area contributed by atoms with Crippen LogP contribution in [-0.4, -0.2) is 27.4 Å². The van der Waals surface area contributed by atoms with Crippen molar-refractivity contribution in [3.05, 3.63) is 53.6 Å². The summed E-state index contributed by atoms with van der Waals surface area (Å²) in [6.07, 6.45) is 0.778. The molecule has 6 nitrogen and oxygen atoms in total. The standard InChI is InChI=1S/C21H28N2O4/c1-6-19(15-7-9-16(25-3)10-8-15)23-21(24)22-14(2)18-12-11-17(26-4)13-20(18)27-5/h7-14,19H,6H2,1-5H3,(H2,22,23,24). The molecule has 0 radical (unpaired) electrons. The smallest absolute Gasteiger partial charge is 0.315 e. The Morgan fingerprint density at radius 2 is 1.56 bits per heavy atom. The van der Waals surface area contributed by atoms with Gasteiger partial charge in [-0.05, 0) is 43.2 Å². The molecule has 2 atom stereocenters. The third kappa shape index (κ3) is 5.29. The maximum absolute atomic E-state index is 12.5. The van der Waals surface area contributed by atoms with Crippen molar-refractivity contribution >= 4 is 6.03 Å². The molecule has 0 heterocycles. The lowest BCUT2D eigenvalue weighted by Gasteiger charge is -2.22. The van der Waals surface area contributed by atoms with Gasteiger partial charge in [-0.1, -0.05) is 19.1 Å². The molecule has 2 unspecified atom stereocenters. The van der Waals surface area contributed by atoms with Gasteiger partial charge in [0.15, 0.2) is 0 Å². The Bertz CT molecular complexity index is 746. The molecule has 2 aromatic carbocycles. The lowest BCUT2D eigenvalue weighted by Crippen LogP contribution is -2.39. The summed E-state index contributed by atoms with van der Waals surface area (Å²) in [5.74, 6) is 2.17. The molecule has 6 heteroatoms. The second-order valence-electron chi connectivity index (χ2n) is 6.18. The molecule has 0 bridgehead atoms. The Balaban J connectivity index is 2.04. The molecule has 2 N–H and O–H groups in total. The fraction of sp³-hybridized carbons (Fsp3) is 0.381. The number of carbonyl (C=O) groups excluding carboxylic acids is 1. The van der Waals surface area contributed by atoms with Crippen LogP contribution in [0.15, 0.2) is 42.5 Å². The maximum Gasteiger partial charge on any atom is 0.315 e. The van der Waals surface area contributed by atoms with Gasteiger partial charge in [-0.25, -0.2) is 4.79 Å². The fourth-order valence-corrected chi connectivity index (χ4v) is 2.91. The molecule has 0 aliphatic carbocycles. The van der Waals surface area contributed by atoms with Gasteiger partial charge in [0.2, 0.25) is 0 Å². The quantitative estimate of drug-likeness (QED) is 0.728. The number of benzene rings is 2. The molecule has 146 valence electrons. The molecule has 27 heavy (non-hydrogen) atoms. The average Bonchev–Trinajstić information content (AvgIpc) is 2.71. The normalized spacial score (nSPS) is 12.6. The van der Waals surface area contributed by atoms with Crippen molar-refractivity contribution in [2.24, 2.45) is 0 Å². The van der Waals surface area contributed by atoms with Crippen molar-refractivity contribution in [1.29, 1.82) is 0 Å². The second kappa shape index (κ2) is 9.71. The predicted octanol–water partition coefficient (Wildman–Crippen LogP) is 4.22. The fourth-order valence-electron chi connectivity index (χ4n) is 2.91. The van der Waals surface area contributed by atoms with Crippen molar-refractivity contribution in [2.75, 3.05) is 21.3 Å². The number of methoxy groups -OCH3 is 3. The van der Waals surface area contributed by atoms with Crippen molar-refractivity contribution in [3.63, 3.8) is 0 Å². The highest BCUT2D eigenvalue weighted by Crippen LogP contribution is 2.29. The van der Waals surface area contributed by atoms with Crippen LogP contribution in [0.25, 0.3) is 0 Å². The van der Waals surface area contributed by atoms with E-state index in [1.54, 1.807) is 27.4 Å². The monoisotopic (exact) mass is 372 g/mol. The van der Waals surface area contributed by atoms with Gasteiger partial charge in [0.1, 0.15) is 17.2 Å². The molecule has 2 aromatic rings. The number of ether oxygens (including phenoxy) is 3. The Labute approximate surface area is 160 Å². The zero-order valence-corrected chi connectivity index (χ0v) is 16.5. The topological polar surface area (TPSA) is 68.8 Å². The second-order valence-corrected chi connectivity index (χ2v) is 6.18. The minimum absolute atomic E-state index is 0.0825. The number of amides is 2. The van der Waals surface area contributed by atoms with E-state index in [1.165, 1.54) is 0 Å². The summed E-state index contributed by atoms with van der Waals surface area (Å²) >= 11 is 0. The van der Waals surface area contributed by atoms with E-state index < -0.39 is 0 Å². The Hall–Kier alpha value is -2.89. The molecule has 0 spiro atoms. The van der Waals surface area contributed by atoms with Gasteiger partial charge in [-0.3, -0.25) is 0 Å². The summed E-state index contributed by atoms with van der Waals surface area (Å²) in [5.41, 5.74) is 1.91. The van der Waals surface area contributed by atoms with Crippen LogP contribution in [0.2, 0.25) is 0 Å². The zero-order valence-electron chi connectivity index (χ0n) is 16.5. The number of carbonyl (C=O) groups is 1. The molecule has 0 aromatic heterocycles. The number of hydrogen-bond donors (Lipinski definition) is 2. The first-order chi connectivity index (χ1) is 13.0. The van der Waals surface area contributed by atoms with E-state index in [0.29, 0.717) is 11.5 Å². The van der Waals surface area contributed by atoms with E-state index >= 15 is 0 Å². The summed E-state index contributed by atoms with van der Waals surface area (Å²) in [7, 11) is 4.84. The Kier molecular flexibility index (Phi) is 7.34. The lowest BCUT2D eigenvalue weighted by molar-refractivity contribution is 0.233. The van der Waals surface area contributed by atoms with Crippen molar-refractivity contribution in [1.82, 2.24) is 10.6 Å². The SMILES string of the molecule is CCC(NC(=O)NC(C)c1ccc(OC)cc1OC)c1ccc(OC)cc1. The first kappa shape index (κ1) is 20.4. The van der Waals surface area contributed by atoms with Gasteiger partial charge in [0.25, 0.3) is 0 Å². The first-order valence-electron chi connectivity index (χ1n) is 8.95. The van der Waals surface area contributed by atoms with Gasteiger partial charge in [-0.2, -0.15) is 0 Å². The number of rotatable bonds is 8. The van der Waals surface area contributed by atoms with Crippen LogP contribution in [0.3, 0.4) is 0 Å². The molecule has 0 aliphatic heterocycles. The third-order valence-electron chi connectivity index (χ3n) is 4.49. The molecule has 2 amide bonds. The highest BCUT2D eigenvalue weighted by molar-refractivity contribution is 5.75. The lowest BCUT2D eigenvalue weighted by atomic mass is 10.0. The summed E-state index contributed by atoms with van der Waals surface area (Å²) < 4.78 is 15.8. The van der Waals surface area contributed by atoms with E-state index in [-0.39, 0.29) is 18.1 Å². The minimum Gasteiger partial charge on any atom is -0.497 e. The van der Waals surface area contributed by atoms with Crippen molar-refractivity contribution in [2.45, 2.75) is 32.4 Å². The Morgan fingerprint density at radius 3 is 2.11 bits per heavy atom. The van der Waals surface area contributed by atoms with Crippen LogP contribution in [0, 0.1) is 0 Å². The molecule has 0 saturated heterocycles. The van der Waals surface area contributed by atoms with Gasteiger partial charge in [0, 0.05) is 11.6 Å². The largest absolute Gasteiger partial charge is 0.497 e. The van der Waals surface area contributed by atoms with Crippen LogP contribution < -0.4 is 24.8 Å².